The largest absolute Gasteiger partial charge is 0.481 e. The van der Waals surface area contributed by atoms with Gasteiger partial charge in [-0.25, -0.2) is 13.5 Å². The summed E-state index contributed by atoms with van der Waals surface area (Å²) in [6, 6.07) is 1.46. The predicted octanol–water partition coefficient (Wildman–Crippen LogP) is 0.683. The minimum Gasteiger partial charge on any atom is -0.481 e. The van der Waals surface area contributed by atoms with Gasteiger partial charge in [-0.05, 0) is 24.6 Å². The molecule has 5 unspecified atom stereocenters. The number of hydrogen-bond donors (Lipinski definition) is 3. The third kappa shape index (κ3) is 4.13. The van der Waals surface area contributed by atoms with Crippen molar-refractivity contribution in [2.24, 2.45) is 0 Å². The van der Waals surface area contributed by atoms with Gasteiger partial charge in [-0.3, -0.25) is 4.79 Å². The van der Waals surface area contributed by atoms with E-state index in [0.29, 0.717) is 0 Å². The molecule has 9 nitrogen and oxygen atoms in total. The van der Waals surface area contributed by atoms with E-state index in [4.69, 9.17) is 14.6 Å². The van der Waals surface area contributed by atoms with E-state index in [1.54, 1.807) is 0 Å². The highest BCUT2D eigenvalue weighted by Crippen LogP contribution is 2.34. The summed E-state index contributed by atoms with van der Waals surface area (Å²) in [4.78, 5) is 11.2. The lowest BCUT2D eigenvalue weighted by Crippen LogP contribution is -2.57. The number of aromatic nitrogens is 3. The molecule has 0 aliphatic carbocycles. The van der Waals surface area contributed by atoms with Crippen LogP contribution in [0.25, 0.3) is 11.3 Å². The Bertz CT molecular complexity index is 869. The van der Waals surface area contributed by atoms with Crippen molar-refractivity contribution in [1.82, 2.24) is 15.0 Å². The molecule has 1 saturated heterocycles. The second-order valence-corrected chi connectivity index (χ2v) is 6.85. The van der Waals surface area contributed by atoms with Crippen LogP contribution >= 0.6 is 0 Å². The molecule has 0 amide bonds. The SMILES string of the molecule is COC1C(CC(=O)O)OC(CO)C(O)C1n1cc(-c2cc(C)c(F)c(F)c2)nn1. The molecule has 0 spiro atoms. The van der Waals surface area contributed by atoms with Gasteiger partial charge in [0.15, 0.2) is 11.6 Å². The maximum Gasteiger partial charge on any atom is 0.306 e. The molecule has 3 N–H and O–H groups in total. The van der Waals surface area contributed by atoms with Crippen LogP contribution in [0.3, 0.4) is 0 Å². The summed E-state index contributed by atoms with van der Waals surface area (Å²) in [7, 11) is 1.33. The van der Waals surface area contributed by atoms with Gasteiger partial charge >= 0.3 is 5.97 Å². The molecule has 1 fully saturated rings. The Kier molecular flexibility index (Phi) is 6.22. The summed E-state index contributed by atoms with van der Waals surface area (Å²) >= 11 is 0. The minimum absolute atomic E-state index is 0.0947. The van der Waals surface area contributed by atoms with Crippen LogP contribution in [0.1, 0.15) is 18.0 Å². The van der Waals surface area contributed by atoms with Crippen molar-refractivity contribution in [2.75, 3.05) is 13.7 Å². The minimum atomic E-state index is -1.28. The van der Waals surface area contributed by atoms with Crippen molar-refractivity contribution in [3.05, 3.63) is 35.5 Å². The van der Waals surface area contributed by atoms with E-state index >= 15 is 0 Å². The predicted molar refractivity (Wildman–Crippen MR) is 94.0 cm³/mol. The summed E-state index contributed by atoms with van der Waals surface area (Å²) < 4.78 is 39.4. The Balaban J connectivity index is 1.98. The van der Waals surface area contributed by atoms with Crippen LogP contribution in [0.5, 0.6) is 0 Å². The number of carboxylic acid groups (broad SMARTS) is 1. The molecule has 2 heterocycles. The van der Waals surface area contributed by atoms with Crippen LogP contribution in [0, 0.1) is 18.6 Å². The number of aliphatic hydroxyl groups is 2. The van der Waals surface area contributed by atoms with E-state index in [0.717, 1.165) is 6.07 Å². The smallest absolute Gasteiger partial charge is 0.306 e. The number of hydrogen-bond acceptors (Lipinski definition) is 7. The molecule has 2 aromatic rings. The van der Waals surface area contributed by atoms with E-state index in [1.807, 2.05) is 0 Å². The number of ether oxygens (including phenoxy) is 2. The van der Waals surface area contributed by atoms with Crippen LogP contribution in [0.2, 0.25) is 0 Å². The molecule has 29 heavy (non-hydrogen) atoms. The fourth-order valence-electron chi connectivity index (χ4n) is 3.53. The van der Waals surface area contributed by atoms with E-state index in [9.17, 15) is 23.8 Å². The maximum atomic E-state index is 13.7. The lowest BCUT2D eigenvalue weighted by Gasteiger charge is -2.43. The van der Waals surface area contributed by atoms with Crippen molar-refractivity contribution in [3.63, 3.8) is 0 Å². The van der Waals surface area contributed by atoms with Gasteiger partial charge in [0.2, 0.25) is 0 Å². The number of aryl methyl sites for hydroxylation is 1. The molecule has 11 heteroatoms. The average molecular weight is 413 g/mol. The third-order valence-electron chi connectivity index (χ3n) is 4.93. The zero-order chi connectivity index (χ0) is 21.3. The molecule has 1 aliphatic heterocycles. The van der Waals surface area contributed by atoms with Crippen molar-refractivity contribution in [2.45, 2.75) is 43.8 Å². The van der Waals surface area contributed by atoms with Crippen LogP contribution in [0.4, 0.5) is 8.78 Å². The van der Waals surface area contributed by atoms with Crippen molar-refractivity contribution in [1.29, 1.82) is 0 Å². The first-order valence-corrected chi connectivity index (χ1v) is 8.83. The van der Waals surface area contributed by atoms with E-state index < -0.39 is 61.1 Å². The molecule has 1 aromatic carbocycles. The lowest BCUT2D eigenvalue weighted by atomic mass is 9.91. The van der Waals surface area contributed by atoms with Crippen molar-refractivity contribution < 1.29 is 38.4 Å². The van der Waals surface area contributed by atoms with Crippen molar-refractivity contribution in [3.8, 4) is 11.3 Å². The Morgan fingerprint density at radius 2 is 2.07 bits per heavy atom. The van der Waals surface area contributed by atoms with E-state index in [2.05, 4.69) is 10.3 Å². The van der Waals surface area contributed by atoms with Crippen molar-refractivity contribution >= 4 is 5.97 Å². The molecule has 0 radical (unpaired) electrons. The quantitative estimate of drug-likeness (QED) is 0.631. The van der Waals surface area contributed by atoms with Crippen LogP contribution in [0.15, 0.2) is 18.3 Å². The van der Waals surface area contributed by atoms with Gasteiger partial charge in [0.25, 0.3) is 0 Å². The number of carbonyl (C=O) groups is 1. The van der Waals surface area contributed by atoms with Gasteiger partial charge in [-0.15, -0.1) is 5.10 Å². The zero-order valence-corrected chi connectivity index (χ0v) is 15.7. The fraction of sp³-hybridized carbons (Fsp3) is 0.500. The summed E-state index contributed by atoms with van der Waals surface area (Å²) in [5.74, 6) is -3.12. The molecular weight excluding hydrogens is 392 g/mol. The number of halogens is 2. The number of nitrogens with zero attached hydrogens (tertiary/aromatic N) is 3. The van der Waals surface area contributed by atoms with Crippen LogP contribution < -0.4 is 0 Å². The van der Waals surface area contributed by atoms with Crippen LogP contribution in [-0.4, -0.2) is 74.4 Å². The Labute approximate surface area is 164 Å². The number of carboxylic acids is 1. The topological polar surface area (TPSA) is 127 Å². The molecule has 1 aromatic heterocycles. The number of methoxy groups -OCH3 is 1. The highest BCUT2D eigenvalue weighted by atomic mass is 19.2. The monoisotopic (exact) mass is 413 g/mol. The maximum absolute atomic E-state index is 13.7. The summed E-state index contributed by atoms with van der Waals surface area (Å²) in [5, 5.41) is 37.2. The number of rotatable bonds is 6. The first-order chi connectivity index (χ1) is 13.8. The van der Waals surface area contributed by atoms with Gasteiger partial charge in [0.05, 0.1) is 25.3 Å². The van der Waals surface area contributed by atoms with E-state index in [-0.39, 0.29) is 16.8 Å². The summed E-state index contributed by atoms with van der Waals surface area (Å²) in [5.41, 5.74) is 0.595. The van der Waals surface area contributed by atoms with Crippen LogP contribution in [-0.2, 0) is 14.3 Å². The fourth-order valence-corrected chi connectivity index (χ4v) is 3.53. The molecule has 158 valence electrons. The second kappa shape index (κ2) is 8.49. The van der Waals surface area contributed by atoms with Gasteiger partial charge in [0.1, 0.15) is 30.0 Å². The lowest BCUT2D eigenvalue weighted by molar-refractivity contribution is -0.215. The normalized spacial score (nSPS) is 27.2. The van der Waals surface area contributed by atoms with Gasteiger partial charge in [-0.1, -0.05) is 5.21 Å². The Morgan fingerprint density at radius 3 is 2.66 bits per heavy atom. The molecule has 3 rings (SSSR count). The average Bonchev–Trinajstić information content (AvgIpc) is 3.15. The molecule has 5 atom stereocenters. The zero-order valence-electron chi connectivity index (χ0n) is 15.7. The standard InChI is InChI=1S/C18H21F2N3O6/c1-8-3-9(4-10(19)15(8)20)11-6-23(22-21-11)16-17(27)13(7-24)29-12(5-14(25)26)18(16)28-2/h3-4,6,12-13,16-18,24,27H,5,7H2,1-2H3,(H,25,26). The Morgan fingerprint density at radius 1 is 1.34 bits per heavy atom. The van der Waals surface area contributed by atoms with E-state index in [1.165, 1.54) is 31.0 Å². The Hall–Kier alpha value is -2.47. The number of aliphatic hydroxyl groups excluding tert-OH is 2. The highest BCUT2D eigenvalue weighted by Gasteiger charge is 2.47. The third-order valence-corrected chi connectivity index (χ3v) is 4.93. The first kappa shape index (κ1) is 21.2. The number of benzene rings is 1. The summed E-state index contributed by atoms with van der Waals surface area (Å²) in [6.45, 7) is 0.867. The van der Waals surface area contributed by atoms with Gasteiger partial charge in [0, 0.05) is 12.7 Å². The van der Waals surface area contributed by atoms with Gasteiger partial charge in [-0.2, -0.15) is 0 Å². The highest BCUT2D eigenvalue weighted by molar-refractivity contribution is 5.67. The molecule has 1 aliphatic rings. The van der Waals surface area contributed by atoms with Gasteiger partial charge < -0.3 is 24.8 Å². The number of aliphatic carboxylic acids is 1. The summed E-state index contributed by atoms with van der Waals surface area (Å²) in [6.07, 6.45) is -3.22. The first-order valence-electron chi connectivity index (χ1n) is 8.83. The second-order valence-electron chi connectivity index (χ2n) is 6.85. The molecule has 0 bridgehead atoms. The molecule has 0 saturated carbocycles. The molecular formula is C18H21F2N3O6.